The summed E-state index contributed by atoms with van der Waals surface area (Å²) in [4.78, 5) is 19.1. The SMILES string of the molecule is COCC(=O)Nc1cc(N2C(=S)N[C@@H](c3ccccn3)[C@H]2c2cccn2-c2ccc(C)cc2)ccc1OC. The van der Waals surface area contributed by atoms with Gasteiger partial charge in [-0.2, -0.15) is 0 Å². The predicted octanol–water partition coefficient (Wildman–Crippen LogP) is 4.95. The van der Waals surface area contributed by atoms with Gasteiger partial charge in [0.1, 0.15) is 18.4 Å². The van der Waals surface area contributed by atoms with Gasteiger partial charge in [-0.15, -0.1) is 0 Å². The van der Waals surface area contributed by atoms with Gasteiger partial charge < -0.3 is 29.6 Å². The second-order valence-corrected chi connectivity index (χ2v) is 9.39. The molecule has 2 N–H and O–H groups in total. The fourth-order valence-electron chi connectivity index (χ4n) is 4.77. The number of benzene rings is 2. The molecule has 4 aromatic rings. The van der Waals surface area contributed by atoms with Gasteiger partial charge in [0.2, 0.25) is 5.91 Å². The number of thiocarbonyl (C=S) groups is 1. The Morgan fingerprint density at radius 2 is 1.84 bits per heavy atom. The number of hydrogen-bond donors (Lipinski definition) is 2. The number of anilines is 2. The van der Waals surface area contributed by atoms with E-state index in [9.17, 15) is 4.79 Å². The van der Waals surface area contributed by atoms with Crippen LogP contribution in [0, 0.1) is 6.92 Å². The molecular weight excluding hydrogens is 498 g/mol. The summed E-state index contributed by atoms with van der Waals surface area (Å²) in [5.74, 6) is 0.262. The van der Waals surface area contributed by atoms with Crippen LogP contribution in [0.1, 0.15) is 29.0 Å². The zero-order chi connectivity index (χ0) is 26.6. The molecule has 1 aliphatic heterocycles. The third-order valence-corrected chi connectivity index (χ3v) is 6.82. The van der Waals surface area contributed by atoms with Gasteiger partial charge in [-0.1, -0.05) is 23.8 Å². The van der Waals surface area contributed by atoms with E-state index in [4.69, 9.17) is 21.7 Å². The van der Waals surface area contributed by atoms with E-state index in [1.807, 2.05) is 42.5 Å². The first-order valence-electron chi connectivity index (χ1n) is 12.2. The standard InChI is InChI=1S/C29H29N5O3S/c1-19-9-11-20(12-10-19)33-16-6-8-24(33)28-27(22-7-4-5-15-30-22)32-29(38)34(28)21-13-14-25(37-3)23(17-21)31-26(35)18-36-2/h4-17,27-28H,18H2,1-3H3,(H,31,35)(H,32,38)/t27-,28+/m0/s1. The molecular formula is C29H29N5O3S. The van der Waals surface area contributed by atoms with Crippen molar-refractivity contribution in [2.45, 2.75) is 19.0 Å². The second-order valence-electron chi connectivity index (χ2n) is 9.00. The third-order valence-electron chi connectivity index (χ3n) is 6.50. The van der Waals surface area contributed by atoms with Crippen molar-refractivity contribution < 1.29 is 14.3 Å². The lowest BCUT2D eigenvalue weighted by Crippen LogP contribution is -2.30. The monoisotopic (exact) mass is 527 g/mol. The molecule has 8 nitrogen and oxygen atoms in total. The largest absolute Gasteiger partial charge is 0.495 e. The van der Waals surface area contributed by atoms with Crippen molar-refractivity contribution in [2.75, 3.05) is 31.0 Å². The van der Waals surface area contributed by atoms with E-state index in [1.165, 1.54) is 12.7 Å². The van der Waals surface area contributed by atoms with Crippen LogP contribution in [-0.2, 0) is 9.53 Å². The number of amides is 1. The predicted molar refractivity (Wildman–Crippen MR) is 152 cm³/mol. The molecule has 0 spiro atoms. The Balaban J connectivity index is 1.62. The summed E-state index contributed by atoms with van der Waals surface area (Å²) >= 11 is 5.90. The van der Waals surface area contributed by atoms with E-state index in [0.717, 1.165) is 22.8 Å². The molecule has 2 atom stereocenters. The highest BCUT2D eigenvalue weighted by Gasteiger charge is 2.42. The van der Waals surface area contributed by atoms with Crippen LogP contribution in [-0.4, -0.2) is 41.4 Å². The van der Waals surface area contributed by atoms with Crippen LogP contribution in [0.25, 0.3) is 5.69 Å². The normalized spacial score (nSPS) is 16.8. The first-order chi connectivity index (χ1) is 18.5. The number of rotatable bonds is 8. The quantitative estimate of drug-likeness (QED) is 0.314. The van der Waals surface area contributed by atoms with Crippen LogP contribution in [0.15, 0.2) is 85.2 Å². The molecule has 1 fully saturated rings. The molecule has 3 heterocycles. The Bertz CT molecular complexity index is 1440. The zero-order valence-electron chi connectivity index (χ0n) is 21.4. The number of pyridine rings is 1. The molecule has 9 heteroatoms. The van der Waals surface area contributed by atoms with Gasteiger partial charge in [0, 0.05) is 36.6 Å². The lowest BCUT2D eigenvalue weighted by Gasteiger charge is -2.29. The Labute approximate surface area is 227 Å². The van der Waals surface area contributed by atoms with Gasteiger partial charge in [0.15, 0.2) is 5.11 Å². The van der Waals surface area contributed by atoms with Crippen LogP contribution in [0.4, 0.5) is 11.4 Å². The average Bonchev–Trinajstić information content (AvgIpc) is 3.54. The fourth-order valence-corrected chi connectivity index (χ4v) is 5.12. The first-order valence-corrected chi connectivity index (χ1v) is 12.6. The molecule has 5 rings (SSSR count). The maximum Gasteiger partial charge on any atom is 0.250 e. The van der Waals surface area contributed by atoms with Crippen molar-refractivity contribution >= 4 is 34.6 Å². The summed E-state index contributed by atoms with van der Waals surface area (Å²) in [6.07, 6.45) is 3.84. The Hall–Kier alpha value is -4.21. The molecule has 0 unspecified atom stereocenters. The Morgan fingerprint density at radius 3 is 2.55 bits per heavy atom. The summed E-state index contributed by atoms with van der Waals surface area (Å²) in [6.45, 7) is 2.01. The van der Waals surface area contributed by atoms with Crippen molar-refractivity contribution in [3.05, 3.63) is 102 Å². The highest BCUT2D eigenvalue weighted by Crippen LogP contribution is 2.43. The molecule has 0 bridgehead atoms. The van der Waals surface area contributed by atoms with Crippen LogP contribution in [0.5, 0.6) is 5.75 Å². The van der Waals surface area contributed by atoms with Gasteiger partial charge in [-0.3, -0.25) is 9.78 Å². The van der Waals surface area contributed by atoms with Crippen LogP contribution >= 0.6 is 12.2 Å². The molecule has 2 aromatic carbocycles. The summed E-state index contributed by atoms with van der Waals surface area (Å²) in [5.41, 5.74) is 5.49. The number of aromatic nitrogens is 2. The smallest absolute Gasteiger partial charge is 0.250 e. The van der Waals surface area contributed by atoms with Crippen LogP contribution in [0.2, 0.25) is 0 Å². The molecule has 0 radical (unpaired) electrons. The third kappa shape index (κ3) is 4.98. The van der Waals surface area contributed by atoms with E-state index >= 15 is 0 Å². The molecule has 0 aliphatic carbocycles. The molecule has 194 valence electrons. The Kier molecular flexibility index (Phi) is 7.39. The van der Waals surface area contributed by atoms with Crippen LogP contribution < -0.4 is 20.3 Å². The number of carbonyl (C=O) groups is 1. The van der Waals surface area contributed by atoms with E-state index in [-0.39, 0.29) is 24.6 Å². The number of methoxy groups -OCH3 is 2. The maximum atomic E-state index is 12.3. The van der Waals surface area contributed by atoms with Gasteiger partial charge in [0.05, 0.1) is 24.5 Å². The molecule has 38 heavy (non-hydrogen) atoms. The van der Waals surface area contributed by atoms with Gasteiger partial charge >= 0.3 is 0 Å². The second kappa shape index (κ2) is 11.0. The molecule has 2 aromatic heterocycles. The highest BCUT2D eigenvalue weighted by atomic mass is 32.1. The van der Waals surface area contributed by atoms with Gasteiger partial charge in [-0.25, -0.2) is 0 Å². The van der Waals surface area contributed by atoms with E-state index < -0.39 is 0 Å². The number of hydrogen-bond acceptors (Lipinski definition) is 5. The molecule has 1 aliphatic rings. The fraction of sp³-hybridized carbons (Fsp3) is 0.207. The number of carbonyl (C=O) groups excluding carboxylic acids is 1. The van der Waals surface area contributed by atoms with Gasteiger partial charge in [-0.05, 0) is 73.7 Å². The zero-order valence-corrected chi connectivity index (χ0v) is 22.2. The minimum atomic E-state index is -0.277. The van der Waals surface area contributed by atoms with E-state index in [0.29, 0.717) is 16.5 Å². The van der Waals surface area contributed by atoms with E-state index in [2.05, 4.69) is 68.5 Å². The number of ether oxygens (including phenoxy) is 2. The van der Waals surface area contributed by atoms with Crippen LogP contribution in [0.3, 0.4) is 0 Å². The highest BCUT2D eigenvalue weighted by molar-refractivity contribution is 7.80. The number of nitrogens with zero attached hydrogens (tertiary/aromatic N) is 3. The minimum absolute atomic E-state index is 0.0640. The van der Waals surface area contributed by atoms with Crippen molar-refractivity contribution in [1.29, 1.82) is 0 Å². The van der Waals surface area contributed by atoms with Crippen molar-refractivity contribution in [1.82, 2.24) is 14.9 Å². The van der Waals surface area contributed by atoms with E-state index in [1.54, 1.807) is 13.3 Å². The minimum Gasteiger partial charge on any atom is -0.495 e. The van der Waals surface area contributed by atoms with Crippen molar-refractivity contribution in [3.8, 4) is 11.4 Å². The summed E-state index contributed by atoms with van der Waals surface area (Å²) in [5, 5.41) is 6.93. The lowest BCUT2D eigenvalue weighted by molar-refractivity contribution is -0.119. The van der Waals surface area contributed by atoms with Crippen molar-refractivity contribution in [2.24, 2.45) is 0 Å². The maximum absolute atomic E-state index is 12.3. The summed E-state index contributed by atoms with van der Waals surface area (Å²) in [6, 6.07) is 23.6. The molecule has 0 saturated carbocycles. The number of nitrogens with one attached hydrogen (secondary N) is 2. The molecule has 1 saturated heterocycles. The summed E-state index contributed by atoms with van der Waals surface area (Å²) in [7, 11) is 3.05. The Morgan fingerprint density at radius 1 is 1.05 bits per heavy atom. The number of aryl methyl sites for hydroxylation is 1. The van der Waals surface area contributed by atoms with Gasteiger partial charge in [0.25, 0.3) is 0 Å². The molecule has 1 amide bonds. The first kappa shape index (κ1) is 25.4. The average molecular weight is 528 g/mol. The topological polar surface area (TPSA) is 80.7 Å². The lowest BCUT2D eigenvalue weighted by atomic mass is 10.0. The van der Waals surface area contributed by atoms with Crippen molar-refractivity contribution in [3.63, 3.8) is 0 Å². The summed E-state index contributed by atoms with van der Waals surface area (Å²) < 4.78 is 12.7.